The number of amides is 1. The van der Waals surface area contributed by atoms with Crippen molar-refractivity contribution < 1.29 is 13.2 Å². The van der Waals surface area contributed by atoms with Gasteiger partial charge in [-0.15, -0.1) is 35.3 Å². The summed E-state index contributed by atoms with van der Waals surface area (Å²) in [6, 6.07) is 3.99. The molecule has 1 amide bonds. The lowest BCUT2D eigenvalue weighted by atomic mass is 10.4. The van der Waals surface area contributed by atoms with Crippen molar-refractivity contribution in [2.45, 2.75) is 25.1 Å². The highest BCUT2D eigenvalue weighted by atomic mass is 127. The number of nitrogens with zero attached hydrogens (tertiary/aromatic N) is 3. The van der Waals surface area contributed by atoms with E-state index in [1.165, 1.54) is 4.90 Å². The highest BCUT2D eigenvalue weighted by Gasteiger charge is 2.34. The van der Waals surface area contributed by atoms with E-state index in [-0.39, 0.29) is 36.4 Å². The average molecular weight is 529 g/mol. The molecule has 1 aromatic heterocycles. The number of rotatable bonds is 7. The zero-order valence-corrected chi connectivity index (χ0v) is 19.8. The monoisotopic (exact) mass is 529 g/mol. The van der Waals surface area contributed by atoms with Gasteiger partial charge in [-0.05, 0) is 17.9 Å². The van der Waals surface area contributed by atoms with Crippen molar-refractivity contribution >= 4 is 57.2 Å². The van der Waals surface area contributed by atoms with Crippen LogP contribution in [0.3, 0.4) is 0 Å². The van der Waals surface area contributed by atoms with Crippen LogP contribution in [0.25, 0.3) is 0 Å². The van der Waals surface area contributed by atoms with E-state index in [0.717, 1.165) is 4.88 Å². The number of carbonyl (C=O) groups excluding carboxylic acids is 1. The standard InChI is InChI=1S/C16H27N5O3S2.HI/c1-4-19-26(23,24)14-7-8-21(12-14)16(18-11-15(22)20(2)3)17-10-13-6-5-9-25-13;/h5-6,9,14,19H,4,7-8,10-12H2,1-3H3,(H,17,18);1H. The van der Waals surface area contributed by atoms with Gasteiger partial charge in [0.2, 0.25) is 15.9 Å². The molecule has 8 nitrogen and oxygen atoms in total. The molecule has 0 aromatic carbocycles. The molecular weight excluding hydrogens is 501 g/mol. The van der Waals surface area contributed by atoms with E-state index < -0.39 is 15.3 Å². The fourth-order valence-corrected chi connectivity index (χ4v) is 4.70. The second-order valence-electron chi connectivity index (χ2n) is 6.26. The van der Waals surface area contributed by atoms with Crippen molar-refractivity contribution in [2.24, 2.45) is 4.99 Å². The van der Waals surface area contributed by atoms with Gasteiger partial charge in [-0.3, -0.25) is 4.79 Å². The van der Waals surface area contributed by atoms with Crippen LogP contribution in [0.15, 0.2) is 22.5 Å². The SMILES string of the molecule is CCNS(=O)(=O)C1CCN(C(=NCC(=O)N(C)C)NCc2cccs2)C1.I. The Morgan fingerprint density at radius 3 is 2.78 bits per heavy atom. The Morgan fingerprint density at radius 1 is 1.44 bits per heavy atom. The summed E-state index contributed by atoms with van der Waals surface area (Å²) in [6.07, 6.45) is 0.538. The Balaban J connectivity index is 0.00000364. The first-order chi connectivity index (χ1) is 12.3. The maximum Gasteiger partial charge on any atom is 0.243 e. The summed E-state index contributed by atoms with van der Waals surface area (Å²) < 4.78 is 27.1. The lowest BCUT2D eigenvalue weighted by Crippen LogP contribution is -2.43. The fourth-order valence-electron chi connectivity index (χ4n) is 2.62. The van der Waals surface area contributed by atoms with Crippen LogP contribution >= 0.6 is 35.3 Å². The lowest BCUT2D eigenvalue weighted by molar-refractivity contribution is -0.127. The van der Waals surface area contributed by atoms with Gasteiger partial charge in [0, 0.05) is 38.6 Å². The van der Waals surface area contributed by atoms with Crippen LogP contribution in [0, 0.1) is 0 Å². The average Bonchev–Trinajstić information content (AvgIpc) is 3.26. The molecule has 27 heavy (non-hydrogen) atoms. The highest BCUT2D eigenvalue weighted by Crippen LogP contribution is 2.17. The molecule has 0 radical (unpaired) electrons. The van der Waals surface area contributed by atoms with Gasteiger partial charge < -0.3 is 15.1 Å². The van der Waals surface area contributed by atoms with Crippen molar-refractivity contribution in [3.63, 3.8) is 0 Å². The number of likely N-dealkylation sites (N-methyl/N-ethyl adjacent to an activating group) is 1. The number of hydrogen-bond donors (Lipinski definition) is 2. The fraction of sp³-hybridized carbons (Fsp3) is 0.625. The smallest absolute Gasteiger partial charge is 0.243 e. The van der Waals surface area contributed by atoms with Gasteiger partial charge in [-0.1, -0.05) is 13.0 Å². The molecule has 0 aliphatic carbocycles. The molecule has 0 saturated carbocycles. The van der Waals surface area contributed by atoms with E-state index in [1.54, 1.807) is 32.4 Å². The lowest BCUT2D eigenvalue weighted by Gasteiger charge is -2.22. The number of aliphatic imine (C=N–C) groups is 1. The van der Waals surface area contributed by atoms with Crippen molar-refractivity contribution in [2.75, 3.05) is 40.3 Å². The van der Waals surface area contributed by atoms with Crippen LogP contribution in [0.1, 0.15) is 18.2 Å². The summed E-state index contributed by atoms with van der Waals surface area (Å²) in [6.45, 7) is 3.72. The highest BCUT2D eigenvalue weighted by molar-refractivity contribution is 14.0. The molecule has 2 N–H and O–H groups in total. The molecule has 0 bridgehead atoms. The Kier molecular flexibility index (Phi) is 9.98. The van der Waals surface area contributed by atoms with E-state index in [1.807, 2.05) is 22.4 Å². The number of halogens is 1. The zero-order chi connectivity index (χ0) is 19.2. The normalized spacial score (nSPS) is 17.5. The molecule has 11 heteroatoms. The molecule has 2 rings (SSSR count). The van der Waals surface area contributed by atoms with Crippen molar-refractivity contribution in [1.29, 1.82) is 0 Å². The third kappa shape index (κ3) is 7.20. The van der Waals surface area contributed by atoms with Crippen LogP contribution in [0.5, 0.6) is 0 Å². The molecule has 1 atom stereocenters. The maximum absolute atomic E-state index is 12.2. The zero-order valence-electron chi connectivity index (χ0n) is 15.8. The van der Waals surface area contributed by atoms with Gasteiger partial charge >= 0.3 is 0 Å². The van der Waals surface area contributed by atoms with E-state index in [2.05, 4.69) is 15.0 Å². The van der Waals surface area contributed by atoms with Crippen molar-refractivity contribution in [3.05, 3.63) is 22.4 Å². The van der Waals surface area contributed by atoms with Crippen LogP contribution in [0.2, 0.25) is 0 Å². The second kappa shape index (κ2) is 11.2. The number of carbonyl (C=O) groups is 1. The topological polar surface area (TPSA) is 94.1 Å². The van der Waals surface area contributed by atoms with Crippen LogP contribution in [-0.4, -0.2) is 75.6 Å². The number of guanidine groups is 1. The molecule has 1 aliphatic heterocycles. The summed E-state index contributed by atoms with van der Waals surface area (Å²) in [5.41, 5.74) is 0. The summed E-state index contributed by atoms with van der Waals surface area (Å²) in [7, 11) is 0.0451. The quantitative estimate of drug-likeness (QED) is 0.311. The predicted molar refractivity (Wildman–Crippen MR) is 120 cm³/mol. The molecule has 1 aliphatic rings. The Labute approximate surface area is 182 Å². The Morgan fingerprint density at radius 2 is 2.19 bits per heavy atom. The maximum atomic E-state index is 12.2. The number of sulfonamides is 1. The van der Waals surface area contributed by atoms with E-state index >= 15 is 0 Å². The van der Waals surface area contributed by atoms with Crippen LogP contribution in [-0.2, 0) is 21.4 Å². The third-order valence-corrected chi connectivity index (χ3v) is 6.92. The molecule has 1 saturated heterocycles. The summed E-state index contributed by atoms with van der Waals surface area (Å²) >= 11 is 1.63. The van der Waals surface area contributed by atoms with Gasteiger partial charge in [0.15, 0.2) is 5.96 Å². The number of thiophene rings is 1. The first kappa shape index (κ1) is 24.1. The molecule has 1 fully saturated rings. The molecule has 1 aromatic rings. The number of hydrogen-bond acceptors (Lipinski definition) is 5. The minimum Gasteiger partial charge on any atom is -0.351 e. The van der Waals surface area contributed by atoms with Gasteiger partial charge in [0.05, 0.1) is 11.8 Å². The Bertz CT molecular complexity index is 722. The van der Waals surface area contributed by atoms with E-state index in [0.29, 0.717) is 38.6 Å². The van der Waals surface area contributed by atoms with Gasteiger partial charge in [-0.25, -0.2) is 18.1 Å². The Hall–Kier alpha value is -0.920. The van der Waals surface area contributed by atoms with E-state index in [9.17, 15) is 13.2 Å². The summed E-state index contributed by atoms with van der Waals surface area (Å²) in [5, 5.41) is 4.79. The predicted octanol–water partition coefficient (Wildman–Crippen LogP) is 0.914. The van der Waals surface area contributed by atoms with E-state index in [4.69, 9.17) is 0 Å². The first-order valence-electron chi connectivity index (χ1n) is 8.57. The summed E-state index contributed by atoms with van der Waals surface area (Å²) in [4.78, 5) is 20.8. The third-order valence-electron chi connectivity index (χ3n) is 4.09. The van der Waals surface area contributed by atoms with Gasteiger partial charge in [0.1, 0.15) is 6.54 Å². The molecule has 0 spiro atoms. The van der Waals surface area contributed by atoms with Crippen LogP contribution in [0.4, 0.5) is 0 Å². The molecule has 154 valence electrons. The second-order valence-corrected chi connectivity index (χ2v) is 9.34. The number of likely N-dealkylation sites (tertiary alicyclic amines) is 1. The molecule has 2 heterocycles. The van der Waals surface area contributed by atoms with Gasteiger partial charge in [0.25, 0.3) is 0 Å². The minimum atomic E-state index is -3.33. The first-order valence-corrected chi connectivity index (χ1v) is 11.0. The summed E-state index contributed by atoms with van der Waals surface area (Å²) in [5.74, 6) is 0.472. The molecular formula is C16H28IN5O3S2. The number of nitrogens with one attached hydrogen (secondary N) is 2. The van der Waals surface area contributed by atoms with Gasteiger partial charge in [-0.2, -0.15) is 0 Å². The molecule has 1 unspecified atom stereocenters. The largest absolute Gasteiger partial charge is 0.351 e. The van der Waals surface area contributed by atoms with Crippen molar-refractivity contribution in [3.8, 4) is 0 Å². The minimum absolute atomic E-state index is 0. The van der Waals surface area contributed by atoms with Crippen molar-refractivity contribution in [1.82, 2.24) is 19.8 Å². The van der Waals surface area contributed by atoms with Crippen LogP contribution < -0.4 is 10.0 Å².